The lowest BCUT2D eigenvalue weighted by atomic mass is 10.1. The van der Waals surface area contributed by atoms with Crippen molar-refractivity contribution in [1.82, 2.24) is 9.97 Å². The van der Waals surface area contributed by atoms with Crippen molar-refractivity contribution in [3.63, 3.8) is 0 Å². The van der Waals surface area contributed by atoms with E-state index < -0.39 is 0 Å². The standard InChI is InChI=1S/C19H30N2/c1-2-3-4-5-6-7-8-9-10-11-16-19-20-17-14-12-13-15-18(17)21-19/h12-15H,2-11,16H2,1H3,(H,20,21). The molecular formula is C19H30N2. The Hall–Kier alpha value is -1.31. The van der Waals surface area contributed by atoms with E-state index in [2.05, 4.69) is 35.1 Å². The number of fused-ring (bicyclic) bond motifs is 1. The van der Waals surface area contributed by atoms with Crippen molar-refractivity contribution in [2.45, 2.75) is 77.6 Å². The van der Waals surface area contributed by atoms with Gasteiger partial charge in [-0.25, -0.2) is 4.98 Å². The Bertz CT molecular complexity index is 468. The fourth-order valence-electron chi connectivity index (χ4n) is 2.90. The largest absolute Gasteiger partial charge is 0.342 e. The highest BCUT2D eigenvalue weighted by Crippen LogP contribution is 2.14. The molecule has 0 bridgehead atoms. The fourth-order valence-corrected chi connectivity index (χ4v) is 2.90. The van der Waals surface area contributed by atoms with Crippen LogP contribution in [0.2, 0.25) is 0 Å². The second kappa shape index (κ2) is 9.59. The van der Waals surface area contributed by atoms with Gasteiger partial charge in [0.25, 0.3) is 0 Å². The van der Waals surface area contributed by atoms with Crippen molar-refractivity contribution in [3.05, 3.63) is 30.1 Å². The van der Waals surface area contributed by atoms with Crippen LogP contribution in [-0.4, -0.2) is 9.97 Å². The van der Waals surface area contributed by atoms with Crippen LogP contribution in [0, 0.1) is 0 Å². The average Bonchev–Trinajstić information content (AvgIpc) is 2.92. The van der Waals surface area contributed by atoms with Gasteiger partial charge in [0.2, 0.25) is 0 Å². The van der Waals surface area contributed by atoms with Gasteiger partial charge in [0.05, 0.1) is 11.0 Å². The van der Waals surface area contributed by atoms with Crippen molar-refractivity contribution >= 4 is 11.0 Å². The Balaban J connectivity index is 1.50. The van der Waals surface area contributed by atoms with E-state index in [9.17, 15) is 0 Å². The van der Waals surface area contributed by atoms with Crippen LogP contribution in [-0.2, 0) is 6.42 Å². The zero-order valence-corrected chi connectivity index (χ0v) is 13.5. The van der Waals surface area contributed by atoms with Gasteiger partial charge in [-0.3, -0.25) is 0 Å². The number of rotatable bonds is 11. The number of nitrogens with zero attached hydrogens (tertiary/aromatic N) is 1. The summed E-state index contributed by atoms with van der Waals surface area (Å²) in [6, 6.07) is 8.29. The Morgan fingerprint density at radius 2 is 1.43 bits per heavy atom. The number of benzene rings is 1. The minimum absolute atomic E-state index is 1.09. The molecule has 2 nitrogen and oxygen atoms in total. The molecule has 0 aliphatic carbocycles. The van der Waals surface area contributed by atoms with Gasteiger partial charge in [0.15, 0.2) is 0 Å². The third-order valence-corrected chi connectivity index (χ3v) is 4.21. The molecule has 0 saturated heterocycles. The maximum atomic E-state index is 4.63. The molecule has 0 spiro atoms. The van der Waals surface area contributed by atoms with E-state index in [-0.39, 0.29) is 0 Å². The summed E-state index contributed by atoms with van der Waals surface area (Å²) >= 11 is 0. The van der Waals surface area contributed by atoms with Crippen molar-refractivity contribution in [3.8, 4) is 0 Å². The van der Waals surface area contributed by atoms with Crippen molar-refractivity contribution in [2.75, 3.05) is 0 Å². The van der Waals surface area contributed by atoms with Gasteiger partial charge in [-0.05, 0) is 18.6 Å². The molecule has 0 fully saturated rings. The Kier molecular flexibility index (Phi) is 7.34. The highest BCUT2D eigenvalue weighted by Gasteiger charge is 2.01. The summed E-state index contributed by atoms with van der Waals surface area (Å²) in [5.74, 6) is 1.15. The number of hydrogen-bond acceptors (Lipinski definition) is 1. The van der Waals surface area contributed by atoms with Gasteiger partial charge in [-0.2, -0.15) is 0 Å². The predicted octanol–water partition coefficient (Wildman–Crippen LogP) is 6.03. The maximum Gasteiger partial charge on any atom is 0.107 e. The lowest BCUT2D eigenvalue weighted by Crippen LogP contribution is -1.88. The fraction of sp³-hybridized carbons (Fsp3) is 0.632. The zero-order valence-electron chi connectivity index (χ0n) is 13.5. The molecule has 2 rings (SSSR count). The van der Waals surface area contributed by atoms with Crippen LogP contribution in [0.4, 0.5) is 0 Å². The molecule has 0 aliphatic heterocycles. The summed E-state index contributed by atoms with van der Waals surface area (Å²) in [4.78, 5) is 8.05. The van der Waals surface area contributed by atoms with E-state index >= 15 is 0 Å². The summed E-state index contributed by atoms with van der Waals surface area (Å²) in [7, 11) is 0. The number of imidazole rings is 1. The molecule has 116 valence electrons. The summed E-state index contributed by atoms with van der Waals surface area (Å²) in [6.45, 7) is 2.28. The maximum absolute atomic E-state index is 4.63. The first kappa shape index (κ1) is 16.1. The van der Waals surface area contributed by atoms with Crippen molar-refractivity contribution < 1.29 is 0 Å². The van der Waals surface area contributed by atoms with Crippen LogP contribution in [0.1, 0.15) is 77.0 Å². The van der Waals surface area contributed by atoms with Crippen LogP contribution in [0.5, 0.6) is 0 Å². The topological polar surface area (TPSA) is 28.7 Å². The Morgan fingerprint density at radius 1 is 0.810 bits per heavy atom. The molecule has 0 aliphatic rings. The molecule has 21 heavy (non-hydrogen) atoms. The van der Waals surface area contributed by atoms with E-state index in [0.29, 0.717) is 0 Å². The Morgan fingerprint density at radius 3 is 2.10 bits per heavy atom. The van der Waals surface area contributed by atoms with Crippen LogP contribution in [0.15, 0.2) is 24.3 Å². The first-order valence-corrected chi connectivity index (χ1v) is 8.84. The van der Waals surface area contributed by atoms with Gasteiger partial charge in [0, 0.05) is 6.42 Å². The molecular weight excluding hydrogens is 256 g/mol. The number of para-hydroxylation sites is 2. The minimum atomic E-state index is 1.09. The van der Waals surface area contributed by atoms with Crippen LogP contribution < -0.4 is 0 Å². The number of aromatic amines is 1. The smallest absolute Gasteiger partial charge is 0.107 e. The molecule has 1 aromatic carbocycles. The third kappa shape index (κ3) is 5.91. The summed E-state index contributed by atoms with van der Waals surface area (Å²) < 4.78 is 0. The monoisotopic (exact) mass is 286 g/mol. The van der Waals surface area contributed by atoms with E-state index in [1.54, 1.807) is 0 Å². The van der Waals surface area contributed by atoms with E-state index in [0.717, 1.165) is 17.8 Å². The molecule has 1 heterocycles. The SMILES string of the molecule is CCCCCCCCCCCCc1nc2ccccc2[nH]1. The van der Waals surface area contributed by atoms with Crippen LogP contribution in [0.3, 0.4) is 0 Å². The summed E-state index contributed by atoms with van der Waals surface area (Å²) in [5, 5.41) is 0. The highest BCUT2D eigenvalue weighted by molar-refractivity contribution is 5.74. The van der Waals surface area contributed by atoms with Gasteiger partial charge in [-0.1, -0.05) is 76.8 Å². The van der Waals surface area contributed by atoms with Gasteiger partial charge >= 0.3 is 0 Å². The summed E-state index contributed by atoms with van der Waals surface area (Å²) in [5.41, 5.74) is 2.26. The lowest BCUT2D eigenvalue weighted by Gasteiger charge is -2.01. The second-order valence-electron chi connectivity index (χ2n) is 6.13. The number of nitrogens with one attached hydrogen (secondary N) is 1. The number of aryl methyl sites for hydroxylation is 1. The summed E-state index contributed by atoms with van der Waals surface area (Å²) in [6.07, 6.45) is 15.0. The minimum Gasteiger partial charge on any atom is -0.342 e. The van der Waals surface area contributed by atoms with E-state index in [4.69, 9.17) is 0 Å². The first-order valence-electron chi connectivity index (χ1n) is 8.84. The number of hydrogen-bond donors (Lipinski definition) is 1. The molecule has 0 amide bonds. The molecule has 0 radical (unpaired) electrons. The first-order chi connectivity index (χ1) is 10.4. The van der Waals surface area contributed by atoms with Crippen molar-refractivity contribution in [2.24, 2.45) is 0 Å². The molecule has 2 aromatic rings. The average molecular weight is 286 g/mol. The molecule has 1 N–H and O–H groups in total. The number of unbranched alkanes of at least 4 members (excludes halogenated alkanes) is 9. The number of aromatic nitrogens is 2. The quantitative estimate of drug-likeness (QED) is 0.502. The lowest BCUT2D eigenvalue weighted by molar-refractivity contribution is 0.554. The molecule has 2 heteroatoms. The number of H-pyrrole nitrogens is 1. The highest BCUT2D eigenvalue weighted by atomic mass is 14.9. The van der Waals surface area contributed by atoms with Gasteiger partial charge in [-0.15, -0.1) is 0 Å². The molecule has 0 saturated carbocycles. The molecule has 0 atom stereocenters. The Labute approximate surface area is 129 Å². The van der Waals surface area contributed by atoms with Crippen LogP contribution >= 0.6 is 0 Å². The zero-order chi connectivity index (χ0) is 14.8. The molecule has 0 unspecified atom stereocenters. The van der Waals surface area contributed by atoms with Crippen LogP contribution in [0.25, 0.3) is 11.0 Å². The third-order valence-electron chi connectivity index (χ3n) is 4.21. The van der Waals surface area contributed by atoms with Gasteiger partial charge < -0.3 is 4.98 Å². The predicted molar refractivity (Wildman–Crippen MR) is 91.6 cm³/mol. The normalized spacial score (nSPS) is 11.3. The van der Waals surface area contributed by atoms with Crippen molar-refractivity contribution in [1.29, 1.82) is 0 Å². The molecule has 1 aromatic heterocycles. The van der Waals surface area contributed by atoms with E-state index in [1.165, 1.54) is 69.7 Å². The van der Waals surface area contributed by atoms with E-state index in [1.807, 2.05) is 6.07 Å². The van der Waals surface area contributed by atoms with Gasteiger partial charge in [0.1, 0.15) is 5.82 Å². The second-order valence-corrected chi connectivity index (χ2v) is 6.13.